The van der Waals surface area contributed by atoms with Crippen molar-refractivity contribution in [2.24, 2.45) is 0 Å². The van der Waals surface area contributed by atoms with Gasteiger partial charge in [-0.1, -0.05) is 37.1 Å². The third-order valence-corrected chi connectivity index (χ3v) is 2.90. The largest absolute Gasteiger partial charge is 0.399 e. The molecule has 0 saturated carbocycles. The van der Waals surface area contributed by atoms with Gasteiger partial charge in [-0.2, -0.15) is 0 Å². The van der Waals surface area contributed by atoms with E-state index in [9.17, 15) is 9.59 Å². The first-order valence-corrected chi connectivity index (χ1v) is 7.55. The number of nitrogens with one attached hydrogen (secondary N) is 1. The maximum Gasteiger partial charge on any atom is 0.243 e. The molecule has 128 valence electrons. The van der Waals surface area contributed by atoms with E-state index >= 15 is 0 Å². The van der Waals surface area contributed by atoms with Crippen molar-refractivity contribution in [3.63, 3.8) is 0 Å². The topological polar surface area (TPSA) is 102 Å². The molecule has 1 aromatic rings. The Morgan fingerprint density at radius 3 is 2.48 bits per heavy atom. The molecule has 0 heterocycles. The third kappa shape index (κ3) is 13.2. The maximum atomic E-state index is 10.7. The number of ether oxygens (including phenoxy) is 1. The molecular formula is C17H26N2O4. The summed E-state index contributed by atoms with van der Waals surface area (Å²) in [6.45, 7) is 3.87. The highest BCUT2D eigenvalue weighted by atomic mass is 16.5. The van der Waals surface area contributed by atoms with Crippen LogP contribution in [0.4, 0.5) is 5.69 Å². The van der Waals surface area contributed by atoms with E-state index in [0.717, 1.165) is 24.8 Å². The quantitative estimate of drug-likeness (QED) is 0.153. The molecule has 1 atom stereocenters. The summed E-state index contributed by atoms with van der Waals surface area (Å²) in [7, 11) is 0. The molecule has 0 bridgehead atoms. The Bertz CT molecular complexity index is 437. The highest BCUT2D eigenvalue weighted by Gasteiger charge is 2.06. The van der Waals surface area contributed by atoms with E-state index in [-0.39, 0.29) is 12.0 Å². The van der Waals surface area contributed by atoms with Gasteiger partial charge in [0.05, 0.1) is 6.61 Å². The van der Waals surface area contributed by atoms with Gasteiger partial charge in [0.2, 0.25) is 5.91 Å². The van der Waals surface area contributed by atoms with Crippen LogP contribution in [-0.2, 0) is 14.3 Å². The number of nitrogen functional groups attached to an aromatic ring is 1. The van der Waals surface area contributed by atoms with Crippen LogP contribution in [0.1, 0.15) is 32.1 Å². The van der Waals surface area contributed by atoms with Crippen molar-refractivity contribution in [1.29, 1.82) is 0 Å². The third-order valence-electron chi connectivity index (χ3n) is 2.90. The van der Waals surface area contributed by atoms with Gasteiger partial charge >= 0.3 is 0 Å². The van der Waals surface area contributed by atoms with Crippen molar-refractivity contribution in [2.75, 3.05) is 12.3 Å². The molecule has 0 saturated heterocycles. The number of aldehydes is 1. The molecular weight excluding hydrogens is 296 g/mol. The van der Waals surface area contributed by atoms with Crippen LogP contribution in [-0.4, -0.2) is 30.1 Å². The molecule has 0 radical (unpaired) electrons. The predicted molar refractivity (Wildman–Crippen MR) is 89.9 cm³/mol. The Hall–Kier alpha value is -2.18. The lowest BCUT2D eigenvalue weighted by Gasteiger charge is -2.09. The second-order valence-corrected chi connectivity index (χ2v) is 4.84. The summed E-state index contributed by atoms with van der Waals surface area (Å²) in [5.74, 6) is -0.380. The van der Waals surface area contributed by atoms with Crippen molar-refractivity contribution in [2.45, 2.75) is 38.2 Å². The van der Waals surface area contributed by atoms with Crippen LogP contribution in [0, 0.1) is 0 Å². The van der Waals surface area contributed by atoms with Gasteiger partial charge in [-0.15, -0.1) is 6.58 Å². The van der Waals surface area contributed by atoms with Gasteiger partial charge in [0.25, 0.3) is 0 Å². The summed E-state index contributed by atoms with van der Waals surface area (Å²) in [6, 6.07) is 9.49. The molecule has 1 unspecified atom stereocenters. The molecule has 1 aromatic carbocycles. The lowest BCUT2D eigenvalue weighted by atomic mass is 10.1. The molecule has 0 aliphatic heterocycles. The fourth-order valence-corrected chi connectivity index (χ4v) is 1.70. The molecule has 0 aliphatic carbocycles. The van der Waals surface area contributed by atoms with Gasteiger partial charge < -0.3 is 15.3 Å². The van der Waals surface area contributed by atoms with Crippen molar-refractivity contribution >= 4 is 17.9 Å². The van der Waals surface area contributed by atoms with Gasteiger partial charge in [0, 0.05) is 12.1 Å². The Balaban J connectivity index is 0.000000568. The van der Waals surface area contributed by atoms with Crippen molar-refractivity contribution < 1.29 is 19.5 Å². The second kappa shape index (κ2) is 14.7. The number of rotatable bonds is 10. The Morgan fingerprint density at radius 1 is 1.30 bits per heavy atom. The number of amides is 1. The molecule has 6 heteroatoms. The molecule has 4 N–H and O–H groups in total. The molecule has 1 amide bonds. The van der Waals surface area contributed by atoms with Crippen LogP contribution in [0.2, 0.25) is 0 Å². The van der Waals surface area contributed by atoms with E-state index < -0.39 is 0 Å². The fourth-order valence-electron chi connectivity index (χ4n) is 1.70. The highest BCUT2D eigenvalue weighted by Crippen LogP contribution is 2.07. The van der Waals surface area contributed by atoms with Crippen molar-refractivity contribution in [1.82, 2.24) is 5.48 Å². The van der Waals surface area contributed by atoms with E-state index in [4.69, 9.17) is 15.7 Å². The van der Waals surface area contributed by atoms with E-state index in [2.05, 4.69) is 6.58 Å². The molecule has 0 aliphatic rings. The normalized spacial score (nSPS) is 10.8. The zero-order chi connectivity index (χ0) is 17.3. The summed E-state index contributed by atoms with van der Waals surface area (Å²) in [6.07, 6.45) is 5.29. The van der Waals surface area contributed by atoms with Gasteiger partial charge in [0.15, 0.2) is 0 Å². The van der Waals surface area contributed by atoms with Gasteiger partial charge in [0.1, 0.15) is 12.4 Å². The maximum absolute atomic E-state index is 10.7. The number of nitrogens with two attached hydrogens (primary N) is 1. The molecule has 0 spiro atoms. The van der Waals surface area contributed by atoms with Gasteiger partial charge in [-0.25, -0.2) is 5.48 Å². The number of hydroxylamine groups is 1. The Kier molecular flexibility index (Phi) is 13.3. The van der Waals surface area contributed by atoms with Crippen LogP contribution in [0.5, 0.6) is 0 Å². The SMILES string of the molecule is C=CCOC(C=O)CCCCCC(=O)NO.Nc1ccccc1. The molecule has 0 fully saturated rings. The molecule has 23 heavy (non-hydrogen) atoms. The number of unbranched alkanes of at least 4 members (excludes halogenated alkanes) is 2. The smallest absolute Gasteiger partial charge is 0.243 e. The summed E-state index contributed by atoms with van der Waals surface area (Å²) in [5.41, 5.74) is 7.75. The molecule has 6 nitrogen and oxygen atoms in total. The average Bonchev–Trinajstić information content (AvgIpc) is 2.58. The van der Waals surface area contributed by atoms with E-state index in [1.165, 1.54) is 0 Å². The van der Waals surface area contributed by atoms with Crippen LogP contribution < -0.4 is 11.2 Å². The van der Waals surface area contributed by atoms with E-state index in [1.54, 1.807) is 11.6 Å². The number of carbonyl (C=O) groups excluding carboxylic acids is 2. The lowest BCUT2D eigenvalue weighted by molar-refractivity contribution is -0.129. The van der Waals surface area contributed by atoms with E-state index in [1.807, 2.05) is 30.3 Å². The average molecular weight is 322 g/mol. The van der Waals surface area contributed by atoms with Gasteiger partial charge in [-0.05, 0) is 25.0 Å². The zero-order valence-electron chi connectivity index (χ0n) is 13.3. The minimum Gasteiger partial charge on any atom is -0.399 e. The Morgan fingerprint density at radius 2 is 2.00 bits per heavy atom. The first-order chi connectivity index (χ1) is 11.1. The lowest BCUT2D eigenvalue weighted by Crippen LogP contribution is -2.18. The molecule has 1 rings (SSSR count). The van der Waals surface area contributed by atoms with Crippen LogP contribution in [0.25, 0.3) is 0 Å². The number of carbonyl (C=O) groups is 2. The first-order valence-electron chi connectivity index (χ1n) is 7.55. The summed E-state index contributed by atoms with van der Waals surface area (Å²) in [5, 5.41) is 8.24. The van der Waals surface area contributed by atoms with E-state index in [0.29, 0.717) is 25.9 Å². The first kappa shape index (κ1) is 20.8. The summed E-state index contributed by atoms with van der Waals surface area (Å²) < 4.78 is 5.18. The number of hydrogen-bond acceptors (Lipinski definition) is 5. The van der Waals surface area contributed by atoms with Crippen molar-refractivity contribution in [3.05, 3.63) is 43.0 Å². The number of benzene rings is 1. The summed E-state index contributed by atoms with van der Waals surface area (Å²) in [4.78, 5) is 21.2. The second-order valence-electron chi connectivity index (χ2n) is 4.84. The highest BCUT2D eigenvalue weighted by molar-refractivity contribution is 5.74. The molecule has 0 aromatic heterocycles. The van der Waals surface area contributed by atoms with Crippen LogP contribution >= 0.6 is 0 Å². The summed E-state index contributed by atoms with van der Waals surface area (Å²) >= 11 is 0. The van der Waals surface area contributed by atoms with Crippen LogP contribution in [0.15, 0.2) is 43.0 Å². The minimum atomic E-state index is -0.385. The number of para-hydroxylation sites is 1. The Labute approximate surface area is 137 Å². The van der Waals surface area contributed by atoms with Crippen LogP contribution in [0.3, 0.4) is 0 Å². The predicted octanol–water partition coefficient (Wildman–Crippen LogP) is 2.48. The zero-order valence-corrected chi connectivity index (χ0v) is 13.3. The standard InChI is InChI=1S/C11H19NO4.C6H7N/c1-2-8-16-10(9-13)6-4-3-5-7-11(14)12-15;7-6-4-2-1-3-5-6/h2,9-10,15H,1,3-8H2,(H,12,14);1-5H,7H2. The van der Waals surface area contributed by atoms with Crippen molar-refractivity contribution in [3.8, 4) is 0 Å². The number of hydrogen-bond donors (Lipinski definition) is 3. The monoisotopic (exact) mass is 322 g/mol. The fraction of sp³-hybridized carbons (Fsp3) is 0.412. The number of anilines is 1. The minimum absolute atomic E-state index is 0.301. The van der Waals surface area contributed by atoms with Gasteiger partial charge in [-0.3, -0.25) is 10.0 Å².